The molecule has 1 atom stereocenters. The van der Waals surface area contributed by atoms with Crippen molar-refractivity contribution in [1.82, 2.24) is 4.31 Å². The summed E-state index contributed by atoms with van der Waals surface area (Å²) >= 11 is 9.08. The number of carboxylic acids is 1. The second kappa shape index (κ2) is 6.01. The maximum absolute atomic E-state index is 12.4. The highest BCUT2D eigenvalue weighted by atomic mass is 79.9. The third-order valence-electron chi connectivity index (χ3n) is 3.20. The molecule has 1 aromatic carbocycles. The lowest BCUT2D eigenvalue weighted by Crippen LogP contribution is -2.40. The van der Waals surface area contributed by atoms with Gasteiger partial charge in [0.25, 0.3) is 0 Å². The van der Waals surface area contributed by atoms with E-state index in [0.29, 0.717) is 27.9 Å². The number of aliphatic carboxylic acids is 1. The number of hydrogen-bond donors (Lipinski definition) is 1. The van der Waals surface area contributed by atoms with Crippen molar-refractivity contribution in [3.63, 3.8) is 0 Å². The molecule has 0 amide bonds. The largest absolute Gasteiger partial charge is 0.480 e. The molecule has 1 heterocycles. The van der Waals surface area contributed by atoms with Crippen LogP contribution in [0.25, 0.3) is 0 Å². The average molecular weight is 383 g/mol. The molecule has 0 spiro atoms. The molecule has 110 valence electrons. The zero-order valence-corrected chi connectivity index (χ0v) is 13.6. The molecular formula is C12H13BrClNO4S. The van der Waals surface area contributed by atoms with Crippen molar-refractivity contribution in [3.8, 4) is 0 Å². The Balaban J connectivity index is 2.25. The van der Waals surface area contributed by atoms with Crippen LogP contribution >= 0.6 is 27.5 Å². The number of carboxylic acid groups (broad SMARTS) is 1. The molecule has 5 nitrogen and oxygen atoms in total. The first-order valence-corrected chi connectivity index (χ1v) is 8.75. The van der Waals surface area contributed by atoms with Crippen molar-refractivity contribution in [2.45, 2.75) is 24.6 Å². The van der Waals surface area contributed by atoms with Crippen LogP contribution in [-0.4, -0.2) is 36.4 Å². The van der Waals surface area contributed by atoms with Gasteiger partial charge in [-0.2, -0.15) is 4.31 Å². The van der Waals surface area contributed by atoms with Crippen LogP contribution in [0.3, 0.4) is 0 Å². The number of carbonyl (C=O) groups is 1. The Hall–Kier alpha value is -0.630. The van der Waals surface area contributed by atoms with Crippen LogP contribution in [0.4, 0.5) is 0 Å². The van der Waals surface area contributed by atoms with Gasteiger partial charge in [-0.3, -0.25) is 4.79 Å². The number of nitrogens with zero attached hydrogens (tertiary/aromatic N) is 1. The van der Waals surface area contributed by atoms with E-state index in [1.54, 1.807) is 18.2 Å². The van der Waals surface area contributed by atoms with Crippen LogP contribution in [0.2, 0.25) is 5.02 Å². The maximum Gasteiger partial charge on any atom is 0.322 e. The van der Waals surface area contributed by atoms with Crippen LogP contribution < -0.4 is 0 Å². The van der Waals surface area contributed by atoms with E-state index < -0.39 is 22.0 Å². The monoisotopic (exact) mass is 381 g/mol. The molecule has 0 unspecified atom stereocenters. The minimum Gasteiger partial charge on any atom is -0.480 e. The van der Waals surface area contributed by atoms with Gasteiger partial charge in [0.05, 0.1) is 5.75 Å². The molecule has 1 fully saturated rings. The average Bonchev–Trinajstić information content (AvgIpc) is 2.82. The number of halogens is 2. The van der Waals surface area contributed by atoms with Gasteiger partial charge in [0, 0.05) is 16.0 Å². The van der Waals surface area contributed by atoms with E-state index in [1.807, 2.05) is 0 Å². The van der Waals surface area contributed by atoms with Crippen molar-refractivity contribution >= 4 is 43.5 Å². The Kier molecular flexibility index (Phi) is 4.73. The highest BCUT2D eigenvalue weighted by Gasteiger charge is 2.38. The minimum atomic E-state index is -3.66. The molecule has 8 heteroatoms. The summed E-state index contributed by atoms with van der Waals surface area (Å²) in [5.41, 5.74) is 0.561. The van der Waals surface area contributed by atoms with E-state index in [2.05, 4.69) is 15.9 Å². The van der Waals surface area contributed by atoms with Crippen LogP contribution in [-0.2, 0) is 20.6 Å². The van der Waals surface area contributed by atoms with Crippen molar-refractivity contribution in [2.75, 3.05) is 6.54 Å². The van der Waals surface area contributed by atoms with Gasteiger partial charge in [0.1, 0.15) is 6.04 Å². The molecule has 1 aliphatic rings. The molecule has 1 aromatic rings. The van der Waals surface area contributed by atoms with E-state index in [-0.39, 0.29) is 12.3 Å². The third kappa shape index (κ3) is 3.33. The first-order chi connectivity index (χ1) is 9.31. The normalized spacial score (nSPS) is 20.2. The van der Waals surface area contributed by atoms with Gasteiger partial charge in [-0.15, -0.1) is 0 Å². The van der Waals surface area contributed by atoms with E-state index in [4.69, 9.17) is 16.7 Å². The second-order valence-corrected chi connectivity index (χ2v) is 7.81. The lowest BCUT2D eigenvalue weighted by atomic mass is 10.2. The van der Waals surface area contributed by atoms with Crippen LogP contribution in [0.15, 0.2) is 22.7 Å². The summed E-state index contributed by atoms with van der Waals surface area (Å²) in [7, 11) is -3.66. The SMILES string of the molecule is O=C(O)[C@H]1CCCN1S(=O)(=O)Cc1ccc(Cl)cc1Br. The van der Waals surface area contributed by atoms with Crippen LogP contribution in [0, 0.1) is 0 Å². The Labute approximate surface area is 130 Å². The second-order valence-electron chi connectivity index (χ2n) is 4.60. The molecular weight excluding hydrogens is 370 g/mol. The quantitative estimate of drug-likeness (QED) is 0.868. The Morgan fingerprint density at radius 2 is 2.20 bits per heavy atom. The van der Waals surface area contributed by atoms with Gasteiger partial charge in [0.2, 0.25) is 10.0 Å². The maximum atomic E-state index is 12.4. The smallest absolute Gasteiger partial charge is 0.322 e. The zero-order valence-electron chi connectivity index (χ0n) is 10.4. The predicted molar refractivity (Wildman–Crippen MR) is 79.1 cm³/mol. The number of rotatable bonds is 4. The molecule has 1 N–H and O–H groups in total. The lowest BCUT2D eigenvalue weighted by molar-refractivity contribution is -0.140. The van der Waals surface area contributed by atoms with Gasteiger partial charge < -0.3 is 5.11 Å². The van der Waals surface area contributed by atoms with Gasteiger partial charge in [-0.25, -0.2) is 8.42 Å². The van der Waals surface area contributed by atoms with Crippen LogP contribution in [0.1, 0.15) is 18.4 Å². The summed E-state index contributed by atoms with van der Waals surface area (Å²) in [5, 5.41) is 9.57. The highest BCUT2D eigenvalue weighted by molar-refractivity contribution is 9.10. The van der Waals surface area contributed by atoms with Gasteiger partial charge in [-0.05, 0) is 30.5 Å². The Bertz CT molecular complexity index is 634. The molecule has 0 aromatic heterocycles. The molecule has 2 rings (SSSR count). The van der Waals surface area contributed by atoms with Gasteiger partial charge in [0.15, 0.2) is 0 Å². The van der Waals surface area contributed by atoms with E-state index >= 15 is 0 Å². The van der Waals surface area contributed by atoms with Gasteiger partial charge in [-0.1, -0.05) is 33.6 Å². The molecule has 0 bridgehead atoms. The summed E-state index contributed by atoms with van der Waals surface area (Å²) in [6, 6.07) is 3.89. The van der Waals surface area contributed by atoms with Crippen molar-refractivity contribution < 1.29 is 18.3 Å². The highest BCUT2D eigenvalue weighted by Crippen LogP contribution is 2.27. The molecule has 0 radical (unpaired) electrons. The number of benzene rings is 1. The van der Waals surface area contributed by atoms with Gasteiger partial charge >= 0.3 is 5.97 Å². The Morgan fingerprint density at radius 3 is 2.80 bits per heavy atom. The summed E-state index contributed by atoms with van der Waals surface area (Å²) in [6.07, 6.45) is 0.925. The van der Waals surface area contributed by atoms with Crippen molar-refractivity contribution in [3.05, 3.63) is 33.3 Å². The molecule has 20 heavy (non-hydrogen) atoms. The standard InChI is InChI=1S/C12H13BrClNO4S/c13-10-6-9(14)4-3-8(10)7-20(18,19)15-5-1-2-11(15)12(16)17/h3-4,6,11H,1-2,5,7H2,(H,16,17)/t11-/m1/s1. The molecule has 1 aliphatic heterocycles. The summed E-state index contributed by atoms with van der Waals surface area (Å²) in [4.78, 5) is 11.1. The predicted octanol–water partition coefficient (Wildman–Crippen LogP) is 2.48. The first kappa shape index (κ1) is 15.8. The third-order valence-corrected chi connectivity index (χ3v) is 6.00. The van der Waals surface area contributed by atoms with Crippen molar-refractivity contribution in [2.24, 2.45) is 0 Å². The van der Waals surface area contributed by atoms with Crippen molar-refractivity contribution in [1.29, 1.82) is 0 Å². The van der Waals surface area contributed by atoms with E-state index in [9.17, 15) is 13.2 Å². The zero-order chi connectivity index (χ0) is 14.9. The Morgan fingerprint density at radius 1 is 1.50 bits per heavy atom. The number of hydrogen-bond acceptors (Lipinski definition) is 3. The number of sulfonamides is 1. The summed E-state index contributed by atoms with van der Waals surface area (Å²) in [6.45, 7) is 0.254. The van der Waals surface area contributed by atoms with E-state index in [1.165, 1.54) is 0 Å². The van der Waals surface area contributed by atoms with Crippen LogP contribution in [0.5, 0.6) is 0 Å². The lowest BCUT2D eigenvalue weighted by Gasteiger charge is -2.21. The summed E-state index contributed by atoms with van der Waals surface area (Å²) in [5.74, 6) is -1.34. The molecule has 1 saturated heterocycles. The molecule has 0 aliphatic carbocycles. The fraction of sp³-hybridized carbons (Fsp3) is 0.417. The van der Waals surface area contributed by atoms with E-state index in [0.717, 1.165) is 4.31 Å². The fourth-order valence-corrected chi connectivity index (χ4v) is 5.05. The molecule has 0 saturated carbocycles. The first-order valence-electron chi connectivity index (χ1n) is 5.97. The minimum absolute atomic E-state index is 0.242. The fourth-order valence-electron chi connectivity index (χ4n) is 2.24. The summed E-state index contributed by atoms with van der Waals surface area (Å²) < 4.78 is 26.4. The topological polar surface area (TPSA) is 74.7 Å².